The lowest BCUT2D eigenvalue weighted by Gasteiger charge is -2.14. The number of amides is 1. The number of benzene rings is 1. The van der Waals surface area contributed by atoms with Crippen LogP contribution in [0.2, 0.25) is 15.1 Å². The van der Waals surface area contributed by atoms with Gasteiger partial charge in [0.2, 0.25) is 0 Å². The van der Waals surface area contributed by atoms with Gasteiger partial charge >= 0.3 is 0 Å². The van der Waals surface area contributed by atoms with Crippen LogP contribution in [0.25, 0.3) is 0 Å². The maximum Gasteiger partial charge on any atom is 0.253 e. The molecule has 1 heterocycles. The third-order valence-corrected chi connectivity index (χ3v) is 3.97. The van der Waals surface area contributed by atoms with Crippen molar-refractivity contribution in [1.29, 1.82) is 0 Å². The molecule has 0 bridgehead atoms. The summed E-state index contributed by atoms with van der Waals surface area (Å²) in [5.74, 6) is -0.253. The van der Waals surface area contributed by atoms with Crippen LogP contribution in [0.1, 0.15) is 12.8 Å². The zero-order chi connectivity index (χ0) is 14.0. The predicted octanol–water partition coefficient (Wildman–Crippen LogP) is 3.09. The maximum atomic E-state index is 12.0. The fourth-order valence-corrected chi connectivity index (χ4v) is 2.50. The average Bonchev–Trinajstić information content (AvgIpc) is 2.84. The molecule has 1 aliphatic heterocycles. The van der Waals surface area contributed by atoms with E-state index < -0.39 is 6.10 Å². The summed E-state index contributed by atoms with van der Waals surface area (Å²) in [5, 5.41) is 3.68. The van der Waals surface area contributed by atoms with Crippen molar-refractivity contribution in [3.05, 3.63) is 27.2 Å². The van der Waals surface area contributed by atoms with Crippen LogP contribution in [-0.2, 0) is 9.53 Å². The number of ether oxygens (including phenoxy) is 1. The van der Waals surface area contributed by atoms with E-state index in [0.717, 1.165) is 6.42 Å². The Labute approximate surface area is 126 Å². The van der Waals surface area contributed by atoms with Crippen molar-refractivity contribution in [3.8, 4) is 0 Å². The minimum atomic E-state index is -0.501. The van der Waals surface area contributed by atoms with E-state index in [0.29, 0.717) is 33.7 Å². The van der Waals surface area contributed by atoms with E-state index >= 15 is 0 Å². The summed E-state index contributed by atoms with van der Waals surface area (Å²) in [5.41, 5.74) is 5.92. The van der Waals surface area contributed by atoms with Crippen LogP contribution in [0.4, 0.5) is 5.69 Å². The minimum Gasteiger partial charge on any atom is -0.364 e. The van der Waals surface area contributed by atoms with Crippen molar-refractivity contribution in [2.45, 2.75) is 25.0 Å². The van der Waals surface area contributed by atoms with Gasteiger partial charge in [-0.1, -0.05) is 34.8 Å². The van der Waals surface area contributed by atoms with E-state index in [1.165, 1.54) is 12.1 Å². The van der Waals surface area contributed by atoms with Gasteiger partial charge in [-0.2, -0.15) is 0 Å². The molecule has 1 aromatic rings. The second-order valence-electron chi connectivity index (χ2n) is 4.30. The lowest BCUT2D eigenvalue weighted by Crippen LogP contribution is -2.29. The summed E-state index contributed by atoms with van der Waals surface area (Å²) in [4.78, 5) is 12.0. The monoisotopic (exact) mass is 322 g/mol. The van der Waals surface area contributed by atoms with Crippen LogP contribution in [0.3, 0.4) is 0 Å². The molecule has 0 spiro atoms. The number of anilines is 1. The molecule has 0 radical (unpaired) electrons. The number of hydrogen-bond donors (Lipinski definition) is 2. The largest absolute Gasteiger partial charge is 0.364 e. The van der Waals surface area contributed by atoms with Crippen LogP contribution in [-0.4, -0.2) is 24.7 Å². The Kier molecular flexibility index (Phi) is 4.92. The van der Waals surface area contributed by atoms with Crippen molar-refractivity contribution >= 4 is 46.4 Å². The van der Waals surface area contributed by atoms with Gasteiger partial charge in [0.25, 0.3) is 5.91 Å². The Hall–Kier alpha value is -0.520. The molecular formula is C12H13Cl3N2O2. The zero-order valence-electron chi connectivity index (χ0n) is 9.96. The van der Waals surface area contributed by atoms with Crippen molar-refractivity contribution in [2.24, 2.45) is 5.73 Å². The molecule has 1 saturated heterocycles. The first-order chi connectivity index (χ1) is 9.01. The molecule has 7 heteroatoms. The first-order valence-electron chi connectivity index (χ1n) is 5.82. The van der Waals surface area contributed by atoms with Crippen LogP contribution >= 0.6 is 34.8 Å². The Morgan fingerprint density at radius 1 is 1.26 bits per heavy atom. The highest BCUT2D eigenvalue weighted by Gasteiger charge is 2.30. The number of rotatable bonds is 3. The second kappa shape index (κ2) is 6.29. The second-order valence-corrected chi connectivity index (χ2v) is 5.52. The van der Waals surface area contributed by atoms with E-state index in [-0.39, 0.29) is 12.0 Å². The highest BCUT2D eigenvalue weighted by Crippen LogP contribution is 2.32. The number of nitrogens with one attached hydrogen (secondary N) is 1. The van der Waals surface area contributed by atoms with E-state index in [1.807, 2.05) is 0 Å². The van der Waals surface area contributed by atoms with E-state index in [1.54, 1.807) is 0 Å². The number of carbonyl (C=O) groups excluding carboxylic acids is 1. The Morgan fingerprint density at radius 3 is 2.58 bits per heavy atom. The normalized spacial score (nSPS) is 22.5. The van der Waals surface area contributed by atoms with Gasteiger partial charge in [0.1, 0.15) is 6.10 Å². The topological polar surface area (TPSA) is 64.4 Å². The molecule has 2 atom stereocenters. The Balaban J connectivity index is 2.05. The molecule has 19 heavy (non-hydrogen) atoms. The highest BCUT2D eigenvalue weighted by atomic mass is 35.5. The summed E-state index contributed by atoms with van der Waals surface area (Å²) in [6.45, 7) is 0.414. The zero-order valence-corrected chi connectivity index (χ0v) is 12.2. The number of hydrogen-bond acceptors (Lipinski definition) is 3. The summed E-state index contributed by atoms with van der Waals surface area (Å²) in [6.07, 6.45) is 0.871. The van der Waals surface area contributed by atoms with Crippen LogP contribution < -0.4 is 11.1 Å². The third-order valence-electron chi connectivity index (χ3n) is 2.93. The number of nitrogens with two attached hydrogens (primary N) is 1. The molecule has 104 valence electrons. The molecule has 1 fully saturated rings. The van der Waals surface area contributed by atoms with Crippen molar-refractivity contribution in [1.82, 2.24) is 0 Å². The minimum absolute atomic E-state index is 0.0555. The molecule has 0 aromatic heterocycles. The van der Waals surface area contributed by atoms with Crippen molar-refractivity contribution < 1.29 is 9.53 Å². The molecular weight excluding hydrogens is 311 g/mol. The van der Waals surface area contributed by atoms with Gasteiger partial charge in [0.15, 0.2) is 0 Å². The molecule has 1 aliphatic rings. The smallest absolute Gasteiger partial charge is 0.253 e. The van der Waals surface area contributed by atoms with Crippen molar-refractivity contribution in [3.63, 3.8) is 0 Å². The highest BCUT2D eigenvalue weighted by molar-refractivity contribution is 6.44. The summed E-state index contributed by atoms with van der Waals surface area (Å²) >= 11 is 17.7. The van der Waals surface area contributed by atoms with Gasteiger partial charge in [0.05, 0.1) is 26.9 Å². The molecule has 3 N–H and O–H groups in total. The molecule has 1 amide bonds. The van der Waals surface area contributed by atoms with Gasteiger partial charge in [0, 0.05) is 6.54 Å². The quantitative estimate of drug-likeness (QED) is 0.840. The van der Waals surface area contributed by atoms with Gasteiger partial charge in [-0.15, -0.1) is 0 Å². The van der Waals surface area contributed by atoms with Crippen LogP contribution in [0.5, 0.6) is 0 Å². The van der Waals surface area contributed by atoms with Gasteiger partial charge in [-0.3, -0.25) is 4.79 Å². The third kappa shape index (κ3) is 3.52. The fourth-order valence-electron chi connectivity index (χ4n) is 1.90. The lowest BCUT2D eigenvalue weighted by atomic mass is 10.2. The number of carbonyl (C=O) groups is 1. The van der Waals surface area contributed by atoms with Gasteiger partial charge < -0.3 is 15.8 Å². The molecule has 0 saturated carbocycles. The van der Waals surface area contributed by atoms with E-state index in [2.05, 4.69) is 5.32 Å². The first kappa shape index (κ1) is 14.9. The summed E-state index contributed by atoms with van der Waals surface area (Å²) < 4.78 is 5.50. The Bertz CT molecular complexity index is 496. The maximum absolute atomic E-state index is 12.0. The van der Waals surface area contributed by atoms with E-state index in [9.17, 15) is 4.79 Å². The van der Waals surface area contributed by atoms with Gasteiger partial charge in [-0.05, 0) is 25.0 Å². The molecule has 2 unspecified atom stereocenters. The Morgan fingerprint density at radius 2 is 1.95 bits per heavy atom. The standard InChI is InChI=1S/C12H13Cl3N2O2/c13-7-3-9(15)10(4-8(7)14)17-12(18)11-2-1-6(5-16)19-11/h3-4,6,11H,1-2,5,16H2,(H,17,18). The van der Waals surface area contributed by atoms with Crippen LogP contribution in [0.15, 0.2) is 12.1 Å². The lowest BCUT2D eigenvalue weighted by molar-refractivity contribution is -0.126. The van der Waals surface area contributed by atoms with E-state index in [4.69, 9.17) is 45.3 Å². The fraction of sp³-hybridized carbons (Fsp3) is 0.417. The first-order valence-corrected chi connectivity index (χ1v) is 6.95. The molecule has 0 aliphatic carbocycles. The summed E-state index contributed by atoms with van der Waals surface area (Å²) in [7, 11) is 0. The predicted molar refractivity (Wildman–Crippen MR) is 77.1 cm³/mol. The molecule has 2 rings (SSSR count). The molecule has 4 nitrogen and oxygen atoms in total. The average molecular weight is 324 g/mol. The van der Waals surface area contributed by atoms with Crippen molar-refractivity contribution in [2.75, 3.05) is 11.9 Å². The van der Waals surface area contributed by atoms with Crippen LogP contribution in [0, 0.1) is 0 Å². The van der Waals surface area contributed by atoms with Gasteiger partial charge in [-0.25, -0.2) is 0 Å². The SMILES string of the molecule is NCC1CCC(C(=O)Nc2cc(Cl)c(Cl)cc2Cl)O1. The number of halogens is 3. The molecule has 1 aromatic carbocycles. The summed E-state index contributed by atoms with van der Waals surface area (Å²) in [6, 6.07) is 3.00.